The minimum atomic E-state index is 0.395. The second-order valence-corrected chi connectivity index (χ2v) is 4.97. The van der Waals surface area contributed by atoms with Gasteiger partial charge in [-0.1, -0.05) is 0 Å². The maximum atomic E-state index is 5.63. The number of likely N-dealkylation sites (N-methyl/N-ethyl adjacent to an activating group) is 1. The molecule has 1 saturated carbocycles. The first-order valence-electron chi connectivity index (χ1n) is 6.21. The molecule has 88 valence electrons. The van der Waals surface area contributed by atoms with E-state index in [0.717, 1.165) is 24.9 Å². The Bertz CT molecular complexity index is 353. The van der Waals surface area contributed by atoms with Gasteiger partial charge >= 0.3 is 0 Å². The van der Waals surface area contributed by atoms with Crippen molar-refractivity contribution in [2.75, 3.05) is 25.1 Å². The molecule has 3 rings (SSSR count). The number of ether oxygens (including phenoxy) is 1. The fourth-order valence-corrected chi connectivity index (χ4v) is 2.31. The predicted molar refractivity (Wildman–Crippen MR) is 62.8 cm³/mol. The van der Waals surface area contributed by atoms with Crippen LogP contribution in [-0.4, -0.2) is 36.5 Å². The maximum Gasteiger partial charge on any atom is 0.150 e. The maximum absolute atomic E-state index is 5.63. The zero-order valence-electron chi connectivity index (χ0n) is 9.78. The van der Waals surface area contributed by atoms with Crippen LogP contribution in [0.5, 0.6) is 0 Å². The van der Waals surface area contributed by atoms with Crippen molar-refractivity contribution in [3.8, 4) is 0 Å². The largest absolute Gasteiger partial charge is 0.376 e. The summed E-state index contributed by atoms with van der Waals surface area (Å²) in [6, 6.07) is 2.19. The second kappa shape index (κ2) is 4.09. The number of aromatic amines is 1. The molecule has 1 N–H and O–H groups in total. The van der Waals surface area contributed by atoms with E-state index in [2.05, 4.69) is 28.2 Å². The van der Waals surface area contributed by atoms with Crippen molar-refractivity contribution in [1.29, 1.82) is 0 Å². The lowest BCUT2D eigenvalue weighted by Crippen LogP contribution is -2.28. The van der Waals surface area contributed by atoms with E-state index in [0.29, 0.717) is 6.10 Å². The highest BCUT2D eigenvalue weighted by Gasteiger charge is 2.26. The fourth-order valence-electron chi connectivity index (χ4n) is 2.31. The summed E-state index contributed by atoms with van der Waals surface area (Å²) in [6.07, 6.45) is 5.41. The molecule has 1 aromatic heterocycles. The van der Waals surface area contributed by atoms with E-state index in [1.165, 1.54) is 31.4 Å². The molecule has 2 fully saturated rings. The molecule has 1 unspecified atom stereocenters. The molecule has 4 heteroatoms. The van der Waals surface area contributed by atoms with E-state index in [9.17, 15) is 0 Å². The lowest BCUT2D eigenvalue weighted by Gasteiger charge is -2.19. The molecule has 1 aromatic rings. The van der Waals surface area contributed by atoms with Crippen molar-refractivity contribution in [2.24, 2.45) is 0 Å². The van der Waals surface area contributed by atoms with Crippen LogP contribution in [0, 0.1) is 0 Å². The van der Waals surface area contributed by atoms with Gasteiger partial charge in [0.2, 0.25) is 0 Å². The number of hydrogen-bond acceptors (Lipinski definition) is 3. The Balaban J connectivity index is 1.61. The quantitative estimate of drug-likeness (QED) is 0.844. The van der Waals surface area contributed by atoms with E-state index in [1.807, 2.05) is 0 Å². The van der Waals surface area contributed by atoms with Gasteiger partial charge in [0.15, 0.2) is 0 Å². The number of hydrogen-bond donors (Lipinski definition) is 1. The zero-order chi connectivity index (χ0) is 11.0. The minimum absolute atomic E-state index is 0.395. The lowest BCUT2D eigenvalue weighted by atomic mass is 10.2. The molecule has 2 heterocycles. The summed E-state index contributed by atoms with van der Waals surface area (Å²) in [5, 5.41) is 7.51. The highest BCUT2D eigenvalue weighted by atomic mass is 16.5. The Morgan fingerprint density at radius 2 is 2.38 bits per heavy atom. The summed E-state index contributed by atoms with van der Waals surface area (Å²) in [7, 11) is 2.09. The van der Waals surface area contributed by atoms with Crippen LogP contribution in [0.15, 0.2) is 6.07 Å². The first-order chi connectivity index (χ1) is 7.83. The Morgan fingerprint density at radius 3 is 3.06 bits per heavy atom. The van der Waals surface area contributed by atoms with Gasteiger partial charge in [-0.2, -0.15) is 5.10 Å². The average molecular weight is 221 g/mol. The van der Waals surface area contributed by atoms with Gasteiger partial charge in [-0.15, -0.1) is 0 Å². The number of H-pyrrole nitrogens is 1. The molecule has 1 aliphatic heterocycles. The molecule has 4 nitrogen and oxygen atoms in total. The van der Waals surface area contributed by atoms with Crippen molar-refractivity contribution in [1.82, 2.24) is 10.2 Å². The Labute approximate surface area is 96.0 Å². The molecule has 0 aromatic carbocycles. The summed E-state index contributed by atoms with van der Waals surface area (Å²) < 4.78 is 5.63. The normalized spacial score (nSPS) is 24.9. The van der Waals surface area contributed by atoms with Gasteiger partial charge in [-0.05, 0) is 25.7 Å². The van der Waals surface area contributed by atoms with Crippen LogP contribution in [0.1, 0.15) is 37.3 Å². The first-order valence-corrected chi connectivity index (χ1v) is 6.21. The second-order valence-electron chi connectivity index (χ2n) is 4.97. The van der Waals surface area contributed by atoms with E-state index >= 15 is 0 Å². The molecule has 0 amide bonds. The van der Waals surface area contributed by atoms with Crippen LogP contribution in [0.4, 0.5) is 5.82 Å². The summed E-state index contributed by atoms with van der Waals surface area (Å²) in [6.45, 7) is 1.88. The van der Waals surface area contributed by atoms with Crippen molar-refractivity contribution >= 4 is 5.82 Å². The number of nitrogens with zero attached hydrogens (tertiary/aromatic N) is 2. The highest BCUT2D eigenvalue weighted by molar-refractivity contribution is 5.40. The lowest BCUT2D eigenvalue weighted by molar-refractivity contribution is 0.116. The van der Waals surface area contributed by atoms with Crippen LogP contribution >= 0.6 is 0 Å². The molecule has 0 radical (unpaired) electrons. The number of nitrogens with one attached hydrogen (secondary N) is 1. The van der Waals surface area contributed by atoms with E-state index in [1.54, 1.807) is 0 Å². The Kier molecular flexibility index (Phi) is 2.59. The first kappa shape index (κ1) is 10.1. The predicted octanol–water partition coefficient (Wildman–Crippen LogP) is 1.90. The molecular weight excluding hydrogens is 202 g/mol. The number of anilines is 1. The SMILES string of the molecule is CN(CC1CCCO1)c1cc(C2CC2)[nH]n1. The third-order valence-corrected chi connectivity index (χ3v) is 3.49. The average Bonchev–Trinajstić information content (AvgIpc) is 2.82. The van der Waals surface area contributed by atoms with Crippen LogP contribution in [0.3, 0.4) is 0 Å². The van der Waals surface area contributed by atoms with Crippen molar-refractivity contribution in [2.45, 2.75) is 37.7 Å². The molecular formula is C12H19N3O. The van der Waals surface area contributed by atoms with Crippen LogP contribution in [-0.2, 0) is 4.74 Å². The van der Waals surface area contributed by atoms with E-state index in [4.69, 9.17) is 4.74 Å². The number of rotatable bonds is 4. The summed E-state index contributed by atoms with van der Waals surface area (Å²) in [5.74, 6) is 1.80. The van der Waals surface area contributed by atoms with E-state index in [-0.39, 0.29) is 0 Å². The molecule has 0 spiro atoms. The highest BCUT2D eigenvalue weighted by Crippen LogP contribution is 2.39. The summed E-state index contributed by atoms with van der Waals surface area (Å²) in [5.41, 5.74) is 1.30. The third kappa shape index (κ3) is 2.07. The van der Waals surface area contributed by atoms with E-state index < -0.39 is 0 Å². The molecule has 1 atom stereocenters. The smallest absolute Gasteiger partial charge is 0.150 e. The summed E-state index contributed by atoms with van der Waals surface area (Å²) in [4.78, 5) is 2.19. The molecule has 1 saturated heterocycles. The van der Waals surface area contributed by atoms with Gasteiger partial charge in [-0.25, -0.2) is 0 Å². The van der Waals surface area contributed by atoms with Gasteiger partial charge in [0.25, 0.3) is 0 Å². The number of aromatic nitrogens is 2. The van der Waals surface area contributed by atoms with Crippen molar-refractivity contribution in [3.05, 3.63) is 11.8 Å². The van der Waals surface area contributed by atoms with Gasteiger partial charge in [0, 0.05) is 37.9 Å². The minimum Gasteiger partial charge on any atom is -0.376 e. The fraction of sp³-hybridized carbons (Fsp3) is 0.750. The Morgan fingerprint density at radius 1 is 1.50 bits per heavy atom. The van der Waals surface area contributed by atoms with Gasteiger partial charge < -0.3 is 9.64 Å². The molecule has 0 bridgehead atoms. The molecule has 1 aliphatic carbocycles. The third-order valence-electron chi connectivity index (χ3n) is 3.49. The van der Waals surface area contributed by atoms with Crippen molar-refractivity contribution in [3.63, 3.8) is 0 Å². The van der Waals surface area contributed by atoms with Crippen LogP contribution in [0.2, 0.25) is 0 Å². The van der Waals surface area contributed by atoms with Gasteiger partial charge in [0.1, 0.15) is 5.82 Å². The monoisotopic (exact) mass is 221 g/mol. The van der Waals surface area contributed by atoms with Gasteiger partial charge in [0.05, 0.1) is 6.10 Å². The standard InChI is InChI=1S/C12H19N3O/c1-15(8-10-3-2-6-16-10)12-7-11(13-14-12)9-4-5-9/h7,9-10H,2-6,8H2,1H3,(H,13,14). The van der Waals surface area contributed by atoms with Crippen LogP contribution in [0.25, 0.3) is 0 Å². The van der Waals surface area contributed by atoms with Crippen molar-refractivity contribution < 1.29 is 4.74 Å². The molecule has 2 aliphatic rings. The van der Waals surface area contributed by atoms with Crippen LogP contribution < -0.4 is 4.90 Å². The Hall–Kier alpha value is -1.03. The topological polar surface area (TPSA) is 41.1 Å². The van der Waals surface area contributed by atoms with Gasteiger partial charge in [-0.3, -0.25) is 5.10 Å². The zero-order valence-corrected chi connectivity index (χ0v) is 9.78. The molecule has 16 heavy (non-hydrogen) atoms. The summed E-state index contributed by atoms with van der Waals surface area (Å²) >= 11 is 0.